The zero-order chi connectivity index (χ0) is 23.5. The zero-order valence-electron chi connectivity index (χ0n) is 19.3. The Kier molecular flexibility index (Phi) is 6.43. The number of hydrogen-bond donors (Lipinski definition) is 0. The maximum Gasteiger partial charge on any atom is 0.251 e. The Morgan fingerprint density at radius 2 is 1.41 bits per heavy atom. The SMILES string of the molecule is COc1cccc(N2C(=O)CC(N3CCN(C(c4ccccc4)c4ccccc4)CC3)C2=O)c1. The molecule has 6 heteroatoms. The minimum atomic E-state index is -0.409. The van der Waals surface area contributed by atoms with Crippen molar-refractivity contribution >= 4 is 17.5 Å². The Morgan fingerprint density at radius 3 is 2.00 bits per heavy atom. The molecule has 0 N–H and O–H groups in total. The second-order valence-electron chi connectivity index (χ2n) is 8.78. The maximum atomic E-state index is 13.3. The van der Waals surface area contributed by atoms with Crippen LogP contribution >= 0.6 is 0 Å². The molecule has 2 heterocycles. The first-order valence-corrected chi connectivity index (χ1v) is 11.7. The Hall–Kier alpha value is -3.48. The molecular weight excluding hydrogens is 426 g/mol. The van der Waals surface area contributed by atoms with Crippen LogP contribution in [-0.2, 0) is 9.59 Å². The average molecular weight is 456 g/mol. The summed E-state index contributed by atoms with van der Waals surface area (Å²) in [6, 6.07) is 28.0. The lowest BCUT2D eigenvalue weighted by atomic mass is 9.96. The second kappa shape index (κ2) is 9.79. The van der Waals surface area contributed by atoms with Gasteiger partial charge in [-0.15, -0.1) is 0 Å². The van der Waals surface area contributed by atoms with E-state index in [4.69, 9.17) is 4.74 Å². The highest BCUT2D eigenvalue weighted by atomic mass is 16.5. The van der Waals surface area contributed by atoms with Crippen LogP contribution in [0, 0.1) is 0 Å². The highest BCUT2D eigenvalue weighted by molar-refractivity contribution is 6.22. The number of ether oxygens (including phenoxy) is 1. The summed E-state index contributed by atoms with van der Waals surface area (Å²) in [6.07, 6.45) is 0.219. The van der Waals surface area contributed by atoms with Crippen LogP contribution in [0.1, 0.15) is 23.6 Å². The van der Waals surface area contributed by atoms with Crippen LogP contribution in [-0.4, -0.2) is 60.9 Å². The third-order valence-corrected chi connectivity index (χ3v) is 6.82. The number of methoxy groups -OCH3 is 1. The predicted octanol–water partition coefficient (Wildman–Crippen LogP) is 3.73. The van der Waals surface area contributed by atoms with Gasteiger partial charge in [-0.05, 0) is 23.3 Å². The van der Waals surface area contributed by atoms with E-state index in [2.05, 4.69) is 58.3 Å². The number of piperazine rings is 1. The number of rotatable bonds is 6. The smallest absolute Gasteiger partial charge is 0.251 e. The summed E-state index contributed by atoms with van der Waals surface area (Å²) in [5.74, 6) is 0.328. The molecule has 0 saturated carbocycles. The quantitative estimate of drug-likeness (QED) is 0.530. The number of amides is 2. The lowest BCUT2D eigenvalue weighted by Crippen LogP contribution is -2.53. The molecule has 2 saturated heterocycles. The molecule has 2 amide bonds. The van der Waals surface area contributed by atoms with E-state index in [1.54, 1.807) is 31.4 Å². The Balaban J connectivity index is 1.31. The number of hydrogen-bond acceptors (Lipinski definition) is 5. The van der Waals surface area contributed by atoms with Gasteiger partial charge in [0.1, 0.15) is 5.75 Å². The molecule has 1 atom stereocenters. The number of nitrogens with zero attached hydrogens (tertiary/aromatic N) is 3. The van der Waals surface area contributed by atoms with Gasteiger partial charge in [-0.2, -0.15) is 0 Å². The van der Waals surface area contributed by atoms with E-state index in [1.165, 1.54) is 16.0 Å². The molecule has 0 aromatic heterocycles. The first-order chi connectivity index (χ1) is 16.7. The van der Waals surface area contributed by atoms with Gasteiger partial charge < -0.3 is 4.74 Å². The highest BCUT2D eigenvalue weighted by Crippen LogP contribution is 2.32. The summed E-state index contributed by atoms with van der Waals surface area (Å²) < 4.78 is 5.27. The maximum absolute atomic E-state index is 13.3. The Morgan fingerprint density at radius 1 is 0.794 bits per heavy atom. The molecule has 0 radical (unpaired) electrons. The fraction of sp³-hybridized carbons (Fsp3) is 0.286. The molecule has 2 fully saturated rings. The molecule has 0 spiro atoms. The van der Waals surface area contributed by atoms with Crippen LogP contribution in [0.25, 0.3) is 0 Å². The predicted molar refractivity (Wildman–Crippen MR) is 132 cm³/mol. The molecule has 2 aliphatic heterocycles. The van der Waals surface area contributed by atoms with E-state index in [1.807, 2.05) is 12.1 Å². The Labute approximate surface area is 200 Å². The molecule has 0 bridgehead atoms. The largest absolute Gasteiger partial charge is 0.497 e. The van der Waals surface area contributed by atoms with Crippen molar-refractivity contribution in [1.82, 2.24) is 9.80 Å². The van der Waals surface area contributed by atoms with Gasteiger partial charge in [-0.1, -0.05) is 66.7 Å². The van der Waals surface area contributed by atoms with Crippen molar-refractivity contribution in [2.75, 3.05) is 38.2 Å². The van der Waals surface area contributed by atoms with Gasteiger partial charge in [0.05, 0.1) is 31.3 Å². The van der Waals surface area contributed by atoms with Crippen molar-refractivity contribution in [2.24, 2.45) is 0 Å². The summed E-state index contributed by atoms with van der Waals surface area (Å²) >= 11 is 0. The second-order valence-corrected chi connectivity index (χ2v) is 8.78. The van der Waals surface area contributed by atoms with Gasteiger partial charge in [-0.3, -0.25) is 19.4 Å². The van der Waals surface area contributed by atoms with Gasteiger partial charge >= 0.3 is 0 Å². The first-order valence-electron chi connectivity index (χ1n) is 11.7. The van der Waals surface area contributed by atoms with Crippen LogP contribution < -0.4 is 9.64 Å². The third-order valence-electron chi connectivity index (χ3n) is 6.82. The average Bonchev–Trinajstić information content (AvgIpc) is 3.19. The molecule has 1 unspecified atom stereocenters. The number of carbonyl (C=O) groups is 2. The summed E-state index contributed by atoms with van der Waals surface area (Å²) in [5.41, 5.74) is 3.10. The van der Waals surface area contributed by atoms with E-state index in [0.29, 0.717) is 11.4 Å². The van der Waals surface area contributed by atoms with Crippen molar-refractivity contribution in [3.05, 3.63) is 96.1 Å². The van der Waals surface area contributed by atoms with Gasteiger partial charge in [-0.25, -0.2) is 4.90 Å². The topological polar surface area (TPSA) is 53.1 Å². The molecule has 3 aromatic carbocycles. The minimum absolute atomic E-state index is 0.144. The number of carbonyl (C=O) groups excluding carboxylic acids is 2. The summed E-state index contributed by atoms with van der Waals surface area (Å²) in [6.45, 7) is 3.13. The van der Waals surface area contributed by atoms with E-state index < -0.39 is 6.04 Å². The van der Waals surface area contributed by atoms with Gasteiger partial charge in [0.25, 0.3) is 5.91 Å². The van der Waals surface area contributed by atoms with Gasteiger partial charge in [0.2, 0.25) is 5.91 Å². The lowest BCUT2D eigenvalue weighted by Gasteiger charge is -2.41. The molecule has 2 aliphatic rings. The minimum Gasteiger partial charge on any atom is -0.497 e. The normalized spacial score (nSPS) is 19.7. The monoisotopic (exact) mass is 455 g/mol. The van der Waals surface area contributed by atoms with Crippen molar-refractivity contribution < 1.29 is 14.3 Å². The van der Waals surface area contributed by atoms with Gasteiger partial charge in [0, 0.05) is 32.2 Å². The third kappa shape index (κ3) is 4.34. The zero-order valence-corrected chi connectivity index (χ0v) is 19.3. The summed E-state index contributed by atoms with van der Waals surface area (Å²) in [5, 5.41) is 0. The number of imide groups is 1. The van der Waals surface area contributed by atoms with Crippen molar-refractivity contribution in [3.8, 4) is 5.75 Å². The number of benzene rings is 3. The van der Waals surface area contributed by atoms with Crippen molar-refractivity contribution in [2.45, 2.75) is 18.5 Å². The van der Waals surface area contributed by atoms with Crippen LogP contribution in [0.2, 0.25) is 0 Å². The lowest BCUT2D eigenvalue weighted by molar-refractivity contribution is -0.123. The molecule has 6 nitrogen and oxygen atoms in total. The molecular formula is C28H29N3O3. The first kappa shape index (κ1) is 22.3. The highest BCUT2D eigenvalue weighted by Gasteiger charge is 2.43. The van der Waals surface area contributed by atoms with Crippen LogP contribution in [0.5, 0.6) is 5.75 Å². The summed E-state index contributed by atoms with van der Waals surface area (Å²) in [4.78, 5) is 32.1. The van der Waals surface area contributed by atoms with E-state index in [0.717, 1.165) is 26.2 Å². The fourth-order valence-corrected chi connectivity index (χ4v) is 5.11. The summed E-state index contributed by atoms with van der Waals surface area (Å²) in [7, 11) is 1.58. The van der Waals surface area contributed by atoms with Crippen LogP contribution in [0.4, 0.5) is 5.69 Å². The van der Waals surface area contributed by atoms with Crippen LogP contribution in [0.15, 0.2) is 84.9 Å². The van der Waals surface area contributed by atoms with E-state index in [9.17, 15) is 9.59 Å². The molecule has 34 heavy (non-hydrogen) atoms. The Bertz CT molecular complexity index is 1100. The molecule has 3 aromatic rings. The van der Waals surface area contributed by atoms with Crippen LogP contribution in [0.3, 0.4) is 0 Å². The van der Waals surface area contributed by atoms with E-state index in [-0.39, 0.29) is 24.3 Å². The van der Waals surface area contributed by atoms with E-state index >= 15 is 0 Å². The molecule has 0 aliphatic carbocycles. The van der Waals surface area contributed by atoms with Gasteiger partial charge in [0.15, 0.2) is 0 Å². The van der Waals surface area contributed by atoms with Crippen molar-refractivity contribution in [1.29, 1.82) is 0 Å². The number of anilines is 1. The fourth-order valence-electron chi connectivity index (χ4n) is 5.11. The standard InChI is InChI=1S/C28H29N3O3/c1-34-24-14-8-13-23(19-24)31-26(32)20-25(28(31)33)29-15-17-30(18-16-29)27(21-9-4-2-5-10-21)22-11-6-3-7-12-22/h2-14,19,25,27H,15-18,20H2,1H3. The molecule has 174 valence electrons. The van der Waals surface area contributed by atoms with Crippen molar-refractivity contribution in [3.63, 3.8) is 0 Å². The molecule has 5 rings (SSSR count).